The third kappa shape index (κ3) is 3.85. The Bertz CT molecular complexity index is 645. The van der Waals surface area contributed by atoms with Crippen molar-refractivity contribution in [2.24, 2.45) is 0 Å². The summed E-state index contributed by atoms with van der Waals surface area (Å²) in [7, 11) is 1.63. The van der Waals surface area contributed by atoms with Gasteiger partial charge in [-0.25, -0.2) is 4.79 Å². The van der Waals surface area contributed by atoms with Gasteiger partial charge in [0.05, 0.1) is 6.54 Å². The molecule has 7 heteroatoms. The quantitative estimate of drug-likeness (QED) is 0.886. The van der Waals surface area contributed by atoms with Crippen LogP contribution in [0.1, 0.15) is 21.2 Å². The zero-order chi connectivity index (χ0) is 15.4. The van der Waals surface area contributed by atoms with Gasteiger partial charge < -0.3 is 19.2 Å². The molecule has 1 N–H and O–H groups in total. The summed E-state index contributed by atoms with van der Waals surface area (Å²) in [5.41, 5.74) is 0. The first-order valence-corrected chi connectivity index (χ1v) is 7.08. The molecule has 0 saturated heterocycles. The standard InChI is InChI=1S/C14H15NO5S/c1-9-3-4-10(20-9)7-15(2)12(16)8-19-11-5-6-21-13(11)14(17)18/h3-6H,7-8H2,1-2H3,(H,17,18). The van der Waals surface area contributed by atoms with Gasteiger partial charge in [-0.3, -0.25) is 4.79 Å². The Labute approximate surface area is 125 Å². The van der Waals surface area contributed by atoms with Gasteiger partial charge in [0.2, 0.25) is 0 Å². The van der Waals surface area contributed by atoms with Crippen molar-refractivity contribution < 1.29 is 23.8 Å². The summed E-state index contributed by atoms with van der Waals surface area (Å²) in [6.45, 7) is 1.96. The minimum atomic E-state index is -1.06. The van der Waals surface area contributed by atoms with Crippen molar-refractivity contribution in [3.63, 3.8) is 0 Å². The second-order valence-corrected chi connectivity index (χ2v) is 5.39. The zero-order valence-electron chi connectivity index (χ0n) is 11.7. The second-order valence-electron chi connectivity index (χ2n) is 4.47. The maximum atomic E-state index is 11.9. The number of aromatic carboxylic acids is 1. The zero-order valence-corrected chi connectivity index (χ0v) is 12.5. The molecule has 1 amide bonds. The molecule has 2 rings (SSSR count). The Morgan fingerprint density at radius 1 is 1.38 bits per heavy atom. The maximum Gasteiger partial charge on any atom is 0.349 e. The van der Waals surface area contributed by atoms with Gasteiger partial charge in [0.1, 0.15) is 17.3 Å². The van der Waals surface area contributed by atoms with Gasteiger partial charge in [-0.1, -0.05) is 0 Å². The topological polar surface area (TPSA) is 80.0 Å². The fourth-order valence-electron chi connectivity index (χ4n) is 1.71. The number of amides is 1. The molecule has 0 aromatic carbocycles. The Balaban J connectivity index is 1.89. The Morgan fingerprint density at radius 2 is 2.14 bits per heavy atom. The van der Waals surface area contributed by atoms with E-state index in [1.54, 1.807) is 18.5 Å². The van der Waals surface area contributed by atoms with Crippen molar-refractivity contribution in [1.29, 1.82) is 0 Å². The molecule has 0 spiro atoms. The van der Waals surface area contributed by atoms with Crippen molar-refractivity contribution in [3.05, 3.63) is 40.0 Å². The molecule has 2 heterocycles. The van der Waals surface area contributed by atoms with E-state index in [1.807, 2.05) is 13.0 Å². The number of thiophene rings is 1. The van der Waals surface area contributed by atoms with E-state index in [9.17, 15) is 9.59 Å². The third-order valence-corrected chi connectivity index (χ3v) is 3.67. The number of furan rings is 1. The summed E-state index contributed by atoms with van der Waals surface area (Å²) in [6, 6.07) is 5.17. The minimum absolute atomic E-state index is 0.0899. The van der Waals surface area contributed by atoms with Crippen LogP contribution in [-0.4, -0.2) is 35.5 Å². The molecule has 112 valence electrons. The monoisotopic (exact) mass is 309 g/mol. The number of nitrogens with zero attached hydrogens (tertiary/aromatic N) is 1. The van der Waals surface area contributed by atoms with Crippen LogP contribution in [-0.2, 0) is 11.3 Å². The Hall–Kier alpha value is -2.28. The number of carboxylic acid groups (broad SMARTS) is 1. The van der Waals surface area contributed by atoms with E-state index in [-0.39, 0.29) is 23.1 Å². The molecule has 2 aromatic heterocycles. The number of carbonyl (C=O) groups is 2. The van der Waals surface area contributed by atoms with Crippen LogP contribution in [0.4, 0.5) is 0 Å². The summed E-state index contributed by atoms with van der Waals surface area (Å²) < 4.78 is 10.7. The molecular weight excluding hydrogens is 294 g/mol. The van der Waals surface area contributed by atoms with E-state index >= 15 is 0 Å². The highest BCUT2D eigenvalue weighted by Gasteiger charge is 2.16. The van der Waals surface area contributed by atoms with Gasteiger partial charge in [0.15, 0.2) is 11.5 Å². The van der Waals surface area contributed by atoms with E-state index in [1.165, 1.54) is 11.0 Å². The lowest BCUT2D eigenvalue weighted by molar-refractivity contribution is -0.132. The molecule has 0 atom stereocenters. The fraction of sp³-hybridized carbons (Fsp3) is 0.286. The highest BCUT2D eigenvalue weighted by atomic mass is 32.1. The molecule has 2 aromatic rings. The molecule has 21 heavy (non-hydrogen) atoms. The normalized spacial score (nSPS) is 10.4. The average molecular weight is 309 g/mol. The lowest BCUT2D eigenvalue weighted by Gasteiger charge is -2.16. The first-order valence-electron chi connectivity index (χ1n) is 6.20. The first kappa shape index (κ1) is 15.1. The van der Waals surface area contributed by atoms with E-state index in [4.69, 9.17) is 14.3 Å². The Morgan fingerprint density at radius 3 is 2.76 bits per heavy atom. The molecule has 0 unspecified atom stereocenters. The van der Waals surface area contributed by atoms with Crippen LogP contribution in [0.25, 0.3) is 0 Å². The molecular formula is C14H15NO5S. The predicted molar refractivity (Wildman–Crippen MR) is 76.7 cm³/mol. The smallest absolute Gasteiger partial charge is 0.349 e. The summed E-state index contributed by atoms with van der Waals surface area (Å²) in [4.78, 5) is 24.4. The molecule has 0 bridgehead atoms. The van der Waals surface area contributed by atoms with Gasteiger partial charge in [0.25, 0.3) is 5.91 Å². The van der Waals surface area contributed by atoms with Crippen LogP contribution in [0.5, 0.6) is 5.75 Å². The predicted octanol–water partition coefficient (Wildman–Crippen LogP) is 2.39. The maximum absolute atomic E-state index is 11.9. The van der Waals surface area contributed by atoms with Gasteiger partial charge in [-0.15, -0.1) is 11.3 Å². The molecule has 0 fully saturated rings. The van der Waals surface area contributed by atoms with Gasteiger partial charge in [0, 0.05) is 7.05 Å². The number of rotatable bonds is 6. The van der Waals surface area contributed by atoms with Gasteiger partial charge >= 0.3 is 5.97 Å². The van der Waals surface area contributed by atoms with Crippen LogP contribution in [0.3, 0.4) is 0 Å². The number of hydrogen-bond donors (Lipinski definition) is 1. The molecule has 0 aliphatic heterocycles. The number of likely N-dealkylation sites (N-methyl/N-ethyl adjacent to an activating group) is 1. The minimum Gasteiger partial charge on any atom is -0.482 e. The van der Waals surface area contributed by atoms with Crippen LogP contribution >= 0.6 is 11.3 Å². The molecule has 0 aliphatic rings. The fourth-order valence-corrected chi connectivity index (χ4v) is 2.38. The van der Waals surface area contributed by atoms with Crippen molar-refractivity contribution >= 4 is 23.2 Å². The molecule has 0 saturated carbocycles. The van der Waals surface area contributed by atoms with Crippen molar-refractivity contribution in [1.82, 2.24) is 4.90 Å². The van der Waals surface area contributed by atoms with Crippen LogP contribution < -0.4 is 4.74 Å². The summed E-state index contributed by atoms with van der Waals surface area (Å²) >= 11 is 1.06. The molecule has 0 radical (unpaired) electrons. The second kappa shape index (κ2) is 6.45. The molecule has 0 aliphatic carbocycles. The summed E-state index contributed by atoms with van der Waals surface area (Å²) in [5.74, 6) is 0.359. The van der Waals surface area contributed by atoms with Gasteiger partial charge in [-0.2, -0.15) is 0 Å². The van der Waals surface area contributed by atoms with Crippen molar-refractivity contribution in [3.8, 4) is 5.75 Å². The number of ether oxygens (including phenoxy) is 1. The highest BCUT2D eigenvalue weighted by molar-refractivity contribution is 7.12. The van der Waals surface area contributed by atoms with Crippen LogP contribution in [0, 0.1) is 6.92 Å². The number of aryl methyl sites for hydroxylation is 1. The number of carboxylic acids is 1. The van der Waals surface area contributed by atoms with Crippen molar-refractivity contribution in [2.45, 2.75) is 13.5 Å². The largest absolute Gasteiger partial charge is 0.482 e. The van der Waals surface area contributed by atoms with E-state index < -0.39 is 5.97 Å². The third-order valence-electron chi connectivity index (χ3n) is 2.79. The summed E-state index contributed by atoms with van der Waals surface area (Å²) in [6.07, 6.45) is 0. The van der Waals surface area contributed by atoms with E-state index in [2.05, 4.69) is 0 Å². The van der Waals surface area contributed by atoms with E-state index in [0.29, 0.717) is 12.3 Å². The average Bonchev–Trinajstić information content (AvgIpc) is 3.04. The van der Waals surface area contributed by atoms with Crippen LogP contribution in [0.15, 0.2) is 28.0 Å². The first-order chi connectivity index (χ1) is 9.97. The SMILES string of the molecule is Cc1ccc(CN(C)C(=O)COc2ccsc2C(=O)O)o1. The Kier molecular flexibility index (Phi) is 4.64. The van der Waals surface area contributed by atoms with E-state index in [0.717, 1.165) is 17.1 Å². The number of carbonyl (C=O) groups excluding carboxylic acids is 1. The lowest BCUT2D eigenvalue weighted by atomic mass is 10.4. The molecule has 6 nitrogen and oxygen atoms in total. The summed E-state index contributed by atoms with van der Waals surface area (Å²) in [5, 5.41) is 10.6. The lowest BCUT2D eigenvalue weighted by Crippen LogP contribution is -2.30. The highest BCUT2D eigenvalue weighted by Crippen LogP contribution is 2.24. The number of hydrogen-bond acceptors (Lipinski definition) is 5. The van der Waals surface area contributed by atoms with Crippen molar-refractivity contribution in [2.75, 3.05) is 13.7 Å². The van der Waals surface area contributed by atoms with Crippen LogP contribution in [0.2, 0.25) is 0 Å². The van der Waals surface area contributed by atoms with Gasteiger partial charge in [-0.05, 0) is 30.5 Å².